The summed E-state index contributed by atoms with van der Waals surface area (Å²) in [5, 5.41) is 0. The second-order valence-corrected chi connectivity index (χ2v) is 3.31. The molecule has 1 atom stereocenters. The highest BCUT2D eigenvalue weighted by molar-refractivity contribution is 5.73. The van der Waals surface area contributed by atoms with Crippen molar-refractivity contribution in [1.82, 2.24) is 0 Å². The minimum absolute atomic E-state index is 0.0816. The van der Waals surface area contributed by atoms with E-state index in [1.54, 1.807) is 0 Å². The van der Waals surface area contributed by atoms with Gasteiger partial charge in [0, 0.05) is 6.04 Å². The molecule has 0 aromatic heterocycles. The molecule has 0 spiro atoms. The maximum absolute atomic E-state index is 10.9. The predicted octanol–water partition coefficient (Wildman–Crippen LogP) is 0.533. The highest BCUT2D eigenvalue weighted by Crippen LogP contribution is 2.35. The fourth-order valence-corrected chi connectivity index (χ4v) is 1.45. The summed E-state index contributed by atoms with van der Waals surface area (Å²) < 4.78 is 4.60. The van der Waals surface area contributed by atoms with Crippen LogP contribution in [0.3, 0.4) is 0 Å². The maximum Gasteiger partial charge on any atom is 0.308 e. The van der Waals surface area contributed by atoms with Gasteiger partial charge < -0.3 is 10.5 Å². The monoisotopic (exact) mass is 157 g/mol. The minimum atomic E-state index is -0.0816. The number of carbonyl (C=O) groups excluding carboxylic acids is 1. The largest absolute Gasteiger partial charge is 0.469 e. The molecular weight excluding hydrogens is 142 g/mol. The van der Waals surface area contributed by atoms with Crippen molar-refractivity contribution in [3.8, 4) is 0 Å². The summed E-state index contributed by atoms with van der Waals surface area (Å²) in [6, 6.07) is 0.218. The Morgan fingerprint density at radius 1 is 1.64 bits per heavy atom. The van der Waals surface area contributed by atoms with E-state index in [2.05, 4.69) is 4.74 Å². The second kappa shape index (κ2) is 3.22. The molecule has 0 heterocycles. The van der Waals surface area contributed by atoms with Gasteiger partial charge in [0.1, 0.15) is 0 Å². The predicted molar refractivity (Wildman–Crippen MR) is 41.9 cm³/mol. The van der Waals surface area contributed by atoms with Crippen molar-refractivity contribution in [3.05, 3.63) is 0 Å². The number of ether oxygens (including phenoxy) is 1. The van der Waals surface area contributed by atoms with Crippen molar-refractivity contribution < 1.29 is 9.53 Å². The third-order valence-corrected chi connectivity index (χ3v) is 2.45. The highest BCUT2D eigenvalue weighted by atomic mass is 16.5. The summed E-state index contributed by atoms with van der Waals surface area (Å²) in [6.07, 6.45) is 1.81. The zero-order chi connectivity index (χ0) is 8.43. The zero-order valence-corrected chi connectivity index (χ0v) is 7.04. The van der Waals surface area contributed by atoms with Gasteiger partial charge in [-0.2, -0.15) is 0 Å². The Bertz CT molecular complexity index is 150. The van der Waals surface area contributed by atoms with Crippen LogP contribution in [0.1, 0.15) is 19.8 Å². The van der Waals surface area contributed by atoms with Crippen LogP contribution in [0.2, 0.25) is 0 Å². The molecule has 1 saturated carbocycles. The van der Waals surface area contributed by atoms with Crippen molar-refractivity contribution in [2.24, 2.45) is 17.6 Å². The van der Waals surface area contributed by atoms with E-state index in [9.17, 15) is 4.79 Å². The topological polar surface area (TPSA) is 52.3 Å². The molecule has 11 heavy (non-hydrogen) atoms. The van der Waals surface area contributed by atoms with Crippen LogP contribution in [0, 0.1) is 11.8 Å². The lowest BCUT2D eigenvalue weighted by Crippen LogP contribution is -2.40. The number of methoxy groups -OCH3 is 1. The first-order chi connectivity index (χ1) is 5.15. The van der Waals surface area contributed by atoms with E-state index >= 15 is 0 Å². The Morgan fingerprint density at radius 2 is 2.18 bits per heavy atom. The average Bonchev–Trinajstić information content (AvgIpc) is 1.83. The molecule has 1 fully saturated rings. The molecule has 0 aromatic carbocycles. The lowest BCUT2D eigenvalue weighted by Gasteiger charge is -2.35. The van der Waals surface area contributed by atoms with E-state index < -0.39 is 0 Å². The quantitative estimate of drug-likeness (QED) is 0.595. The Labute approximate surface area is 66.9 Å². The van der Waals surface area contributed by atoms with E-state index in [1.165, 1.54) is 7.11 Å². The lowest BCUT2D eigenvalue weighted by molar-refractivity contribution is -0.150. The van der Waals surface area contributed by atoms with Crippen molar-refractivity contribution in [1.29, 1.82) is 0 Å². The first-order valence-electron chi connectivity index (χ1n) is 3.98. The minimum Gasteiger partial charge on any atom is -0.469 e. The summed E-state index contributed by atoms with van der Waals surface area (Å²) >= 11 is 0. The molecule has 0 aliphatic heterocycles. The molecule has 1 rings (SSSR count). The Morgan fingerprint density at radius 3 is 2.55 bits per heavy atom. The summed E-state index contributed by atoms with van der Waals surface area (Å²) in [5.41, 5.74) is 5.65. The van der Waals surface area contributed by atoms with Crippen molar-refractivity contribution >= 4 is 5.97 Å². The van der Waals surface area contributed by atoms with E-state index in [1.807, 2.05) is 6.92 Å². The Hall–Kier alpha value is -0.570. The number of nitrogens with two attached hydrogens (primary N) is 1. The SMILES string of the molecule is COC(=O)C1CC(C(C)N)C1. The van der Waals surface area contributed by atoms with E-state index in [0.717, 1.165) is 12.8 Å². The van der Waals surface area contributed by atoms with Crippen LogP contribution >= 0.6 is 0 Å². The van der Waals surface area contributed by atoms with Crippen LogP contribution in [0.25, 0.3) is 0 Å². The van der Waals surface area contributed by atoms with Crippen LogP contribution in [0.4, 0.5) is 0 Å². The van der Waals surface area contributed by atoms with Gasteiger partial charge in [0.25, 0.3) is 0 Å². The van der Waals surface area contributed by atoms with Crippen LogP contribution in [0.5, 0.6) is 0 Å². The van der Waals surface area contributed by atoms with Gasteiger partial charge in [-0.1, -0.05) is 0 Å². The molecule has 1 unspecified atom stereocenters. The molecule has 64 valence electrons. The smallest absolute Gasteiger partial charge is 0.308 e. The molecular formula is C8H15NO2. The van der Waals surface area contributed by atoms with Crippen LogP contribution in [-0.2, 0) is 9.53 Å². The molecule has 2 N–H and O–H groups in total. The van der Waals surface area contributed by atoms with Crippen LogP contribution in [0.15, 0.2) is 0 Å². The summed E-state index contributed by atoms with van der Waals surface area (Å²) in [7, 11) is 1.43. The molecule has 3 nitrogen and oxygen atoms in total. The second-order valence-electron chi connectivity index (χ2n) is 3.31. The number of rotatable bonds is 2. The van der Waals surface area contributed by atoms with Crippen molar-refractivity contribution in [2.75, 3.05) is 7.11 Å². The summed E-state index contributed by atoms with van der Waals surface area (Å²) in [6.45, 7) is 1.98. The number of hydrogen-bond donors (Lipinski definition) is 1. The molecule has 0 radical (unpaired) electrons. The molecule has 0 saturated heterocycles. The Kier molecular flexibility index (Phi) is 2.49. The third-order valence-electron chi connectivity index (χ3n) is 2.45. The number of carbonyl (C=O) groups is 1. The van der Waals surface area contributed by atoms with Gasteiger partial charge in [0.05, 0.1) is 13.0 Å². The molecule has 0 amide bonds. The molecule has 1 aliphatic rings. The molecule has 3 heteroatoms. The fourth-order valence-electron chi connectivity index (χ4n) is 1.45. The summed E-state index contributed by atoms with van der Waals surface area (Å²) in [4.78, 5) is 10.9. The first-order valence-corrected chi connectivity index (χ1v) is 3.98. The molecule has 1 aliphatic carbocycles. The van der Waals surface area contributed by atoms with Crippen LogP contribution < -0.4 is 5.73 Å². The molecule has 0 bridgehead atoms. The zero-order valence-electron chi connectivity index (χ0n) is 7.04. The van der Waals surface area contributed by atoms with Gasteiger partial charge in [-0.3, -0.25) is 4.79 Å². The van der Waals surface area contributed by atoms with Gasteiger partial charge >= 0.3 is 5.97 Å². The first kappa shape index (κ1) is 8.53. The standard InChI is InChI=1S/C8H15NO2/c1-5(9)6-3-7(4-6)8(10)11-2/h5-7H,3-4,9H2,1-2H3. The molecule has 0 aromatic rings. The van der Waals surface area contributed by atoms with Gasteiger partial charge in [0.15, 0.2) is 0 Å². The van der Waals surface area contributed by atoms with Crippen molar-refractivity contribution in [2.45, 2.75) is 25.8 Å². The summed E-state index contributed by atoms with van der Waals surface area (Å²) in [5.74, 6) is 0.567. The van der Waals surface area contributed by atoms with Gasteiger partial charge in [-0.05, 0) is 25.7 Å². The average molecular weight is 157 g/mol. The van der Waals surface area contributed by atoms with E-state index in [4.69, 9.17) is 5.73 Å². The van der Waals surface area contributed by atoms with Gasteiger partial charge in [-0.15, -0.1) is 0 Å². The maximum atomic E-state index is 10.9. The Balaban J connectivity index is 2.24. The highest BCUT2D eigenvalue weighted by Gasteiger charge is 2.36. The van der Waals surface area contributed by atoms with E-state index in [0.29, 0.717) is 5.92 Å². The van der Waals surface area contributed by atoms with Gasteiger partial charge in [-0.25, -0.2) is 0 Å². The van der Waals surface area contributed by atoms with E-state index in [-0.39, 0.29) is 17.9 Å². The van der Waals surface area contributed by atoms with Crippen molar-refractivity contribution in [3.63, 3.8) is 0 Å². The fraction of sp³-hybridized carbons (Fsp3) is 0.875. The van der Waals surface area contributed by atoms with Crippen LogP contribution in [-0.4, -0.2) is 19.1 Å². The normalized spacial score (nSPS) is 32.3. The number of hydrogen-bond acceptors (Lipinski definition) is 3. The third kappa shape index (κ3) is 1.71. The van der Waals surface area contributed by atoms with Gasteiger partial charge in [0.2, 0.25) is 0 Å². The number of esters is 1. The lowest BCUT2D eigenvalue weighted by atomic mass is 9.72.